The molecule has 0 radical (unpaired) electrons. The van der Waals surface area contributed by atoms with E-state index >= 15 is 0 Å². The Balaban J connectivity index is 1.17. The number of oxazole rings is 1. The van der Waals surface area contributed by atoms with Crippen molar-refractivity contribution in [3.05, 3.63) is 158 Å². The Kier molecular flexibility index (Phi) is 5.78. The number of para-hydroxylation sites is 2. The Morgan fingerprint density at radius 3 is 1.96 bits per heavy atom. The fraction of sp³-hybridized carbons (Fsp3) is 0. The van der Waals surface area contributed by atoms with E-state index in [0.717, 1.165) is 61.1 Å². The maximum Gasteiger partial charge on any atom is 0.227 e. The van der Waals surface area contributed by atoms with Gasteiger partial charge in [0.15, 0.2) is 11.2 Å². The molecule has 212 valence electrons. The molecule has 0 bridgehead atoms. The molecular formula is C41H26N2O2. The average molecular weight is 579 g/mol. The molecule has 2 aromatic heterocycles. The van der Waals surface area contributed by atoms with Gasteiger partial charge < -0.3 is 13.7 Å². The highest BCUT2D eigenvalue weighted by molar-refractivity contribution is 6.13. The Morgan fingerprint density at radius 1 is 0.444 bits per heavy atom. The first-order valence-corrected chi connectivity index (χ1v) is 15.0. The fourth-order valence-corrected chi connectivity index (χ4v) is 6.26. The summed E-state index contributed by atoms with van der Waals surface area (Å²) in [5.74, 6) is 0.600. The quantitative estimate of drug-likeness (QED) is 0.204. The molecule has 0 saturated carbocycles. The van der Waals surface area contributed by atoms with E-state index in [2.05, 4.69) is 132 Å². The first kappa shape index (κ1) is 25.4. The van der Waals surface area contributed by atoms with Gasteiger partial charge in [-0.05, 0) is 70.4 Å². The Labute approximate surface area is 259 Å². The molecule has 45 heavy (non-hydrogen) atoms. The largest absolute Gasteiger partial charge is 0.454 e. The molecule has 0 aliphatic rings. The number of fused-ring (bicyclic) bond motifs is 5. The summed E-state index contributed by atoms with van der Waals surface area (Å²) in [7, 11) is 0. The van der Waals surface area contributed by atoms with Crippen molar-refractivity contribution in [1.29, 1.82) is 0 Å². The number of rotatable bonds is 5. The molecule has 9 aromatic rings. The van der Waals surface area contributed by atoms with E-state index in [1.54, 1.807) is 0 Å². The van der Waals surface area contributed by atoms with Crippen molar-refractivity contribution >= 4 is 60.9 Å². The van der Waals surface area contributed by atoms with Crippen LogP contribution in [-0.2, 0) is 0 Å². The topological polar surface area (TPSA) is 42.4 Å². The predicted molar refractivity (Wildman–Crippen MR) is 184 cm³/mol. The van der Waals surface area contributed by atoms with Crippen LogP contribution in [0, 0.1) is 0 Å². The van der Waals surface area contributed by atoms with Crippen LogP contribution in [0.3, 0.4) is 0 Å². The molecule has 0 aliphatic carbocycles. The third-order valence-corrected chi connectivity index (χ3v) is 8.47. The molecule has 0 aliphatic heterocycles. The van der Waals surface area contributed by atoms with Crippen molar-refractivity contribution < 1.29 is 8.83 Å². The van der Waals surface area contributed by atoms with Gasteiger partial charge in [-0.1, -0.05) is 103 Å². The second kappa shape index (κ2) is 10.2. The molecule has 7 aromatic carbocycles. The van der Waals surface area contributed by atoms with Crippen LogP contribution in [0.25, 0.3) is 66.4 Å². The third kappa shape index (κ3) is 4.35. The van der Waals surface area contributed by atoms with Crippen LogP contribution in [0.1, 0.15) is 0 Å². The van der Waals surface area contributed by atoms with E-state index < -0.39 is 0 Å². The van der Waals surface area contributed by atoms with Crippen molar-refractivity contribution in [3.8, 4) is 22.6 Å². The van der Waals surface area contributed by atoms with Crippen LogP contribution in [0.2, 0.25) is 0 Å². The molecule has 0 fully saturated rings. The van der Waals surface area contributed by atoms with Crippen molar-refractivity contribution in [2.75, 3.05) is 4.90 Å². The van der Waals surface area contributed by atoms with Gasteiger partial charge in [-0.2, -0.15) is 0 Å². The number of hydrogen-bond donors (Lipinski definition) is 0. The molecule has 0 atom stereocenters. The maximum atomic E-state index is 6.66. The first-order valence-electron chi connectivity index (χ1n) is 15.0. The van der Waals surface area contributed by atoms with Crippen molar-refractivity contribution in [2.45, 2.75) is 0 Å². The highest BCUT2D eigenvalue weighted by atomic mass is 16.4. The van der Waals surface area contributed by atoms with E-state index in [0.29, 0.717) is 5.89 Å². The molecule has 9 rings (SSSR count). The fourth-order valence-electron chi connectivity index (χ4n) is 6.26. The van der Waals surface area contributed by atoms with Crippen LogP contribution in [0.4, 0.5) is 17.1 Å². The van der Waals surface area contributed by atoms with Crippen LogP contribution >= 0.6 is 0 Å². The van der Waals surface area contributed by atoms with Crippen molar-refractivity contribution in [3.63, 3.8) is 0 Å². The van der Waals surface area contributed by atoms with Crippen LogP contribution < -0.4 is 4.90 Å². The average Bonchev–Trinajstić information content (AvgIpc) is 3.69. The standard InChI is InChI=1S/C41H26N2O2/c1-3-10-27(11-4-1)29-20-22-33(23-21-29)43(32-14-5-2-6-15-32)37-17-9-16-34-35-25-39-36(26-38(35)44-40(34)37)42-41(45-39)31-19-18-28-12-7-8-13-30(28)24-31/h1-26H. The van der Waals surface area contributed by atoms with Gasteiger partial charge in [-0.25, -0.2) is 4.98 Å². The number of anilines is 3. The zero-order valence-corrected chi connectivity index (χ0v) is 24.2. The summed E-state index contributed by atoms with van der Waals surface area (Å²) in [4.78, 5) is 7.11. The number of aromatic nitrogens is 1. The summed E-state index contributed by atoms with van der Waals surface area (Å²) in [5.41, 5.74) is 9.45. The van der Waals surface area contributed by atoms with Crippen LogP contribution in [-0.4, -0.2) is 4.98 Å². The highest BCUT2D eigenvalue weighted by Gasteiger charge is 2.20. The van der Waals surface area contributed by atoms with E-state index in [1.165, 1.54) is 16.5 Å². The van der Waals surface area contributed by atoms with Gasteiger partial charge in [-0.15, -0.1) is 0 Å². The summed E-state index contributed by atoms with van der Waals surface area (Å²) in [6.07, 6.45) is 0. The minimum absolute atomic E-state index is 0.600. The molecule has 4 heteroatoms. The molecule has 0 spiro atoms. The number of benzene rings is 7. The molecular weight excluding hydrogens is 552 g/mol. The van der Waals surface area contributed by atoms with Crippen molar-refractivity contribution in [1.82, 2.24) is 4.98 Å². The van der Waals surface area contributed by atoms with Gasteiger partial charge in [-0.3, -0.25) is 0 Å². The summed E-state index contributed by atoms with van der Waals surface area (Å²) in [6, 6.07) is 54.5. The number of hydrogen-bond acceptors (Lipinski definition) is 4. The van der Waals surface area contributed by atoms with Crippen LogP contribution in [0.15, 0.2) is 167 Å². The smallest absolute Gasteiger partial charge is 0.227 e. The lowest BCUT2D eigenvalue weighted by molar-refractivity contribution is 0.620. The van der Waals surface area contributed by atoms with Crippen LogP contribution in [0.5, 0.6) is 0 Å². The third-order valence-electron chi connectivity index (χ3n) is 8.47. The predicted octanol–water partition coefficient (Wildman–Crippen LogP) is 11.7. The van der Waals surface area contributed by atoms with E-state index in [4.69, 9.17) is 13.8 Å². The van der Waals surface area contributed by atoms with Gasteiger partial charge in [0.25, 0.3) is 0 Å². The summed E-state index contributed by atoms with van der Waals surface area (Å²) in [6.45, 7) is 0. The Bertz CT molecular complexity index is 2480. The summed E-state index contributed by atoms with van der Waals surface area (Å²) < 4.78 is 13.0. The molecule has 0 amide bonds. The van der Waals surface area contributed by atoms with Gasteiger partial charge in [0.1, 0.15) is 11.1 Å². The monoisotopic (exact) mass is 578 g/mol. The lowest BCUT2D eigenvalue weighted by Crippen LogP contribution is -2.10. The van der Waals surface area contributed by atoms with E-state index in [1.807, 2.05) is 30.3 Å². The number of furan rings is 1. The zero-order valence-electron chi connectivity index (χ0n) is 24.2. The van der Waals surface area contributed by atoms with E-state index in [-0.39, 0.29) is 0 Å². The molecule has 0 N–H and O–H groups in total. The SMILES string of the molecule is c1ccc(-c2ccc(N(c3ccccc3)c3cccc4c3oc3cc5nc(-c6ccc7ccccc7c6)oc5cc34)cc2)cc1. The van der Waals surface area contributed by atoms with Gasteiger partial charge in [0.2, 0.25) is 5.89 Å². The molecule has 0 saturated heterocycles. The minimum atomic E-state index is 0.600. The molecule has 4 nitrogen and oxygen atoms in total. The highest BCUT2D eigenvalue weighted by Crippen LogP contribution is 2.43. The Morgan fingerprint density at radius 2 is 1.13 bits per heavy atom. The number of nitrogens with zero attached hydrogens (tertiary/aromatic N) is 2. The van der Waals surface area contributed by atoms with Crippen molar-refractivity contribution in [2.24, 2.45) is 0 Å². The molecule has 0 unspecified atom stereocenters. The lowest BCUT2D eigenvalue weighted by Gasteiger charge is -2.25. The van der Waals surface area contributed by atoms with Gasteiger partial charge in [0.05, 0.1) is 5.69 Å². The normalized spacial score (nSPS) is 11.6. The van der Waals surface area contributed by atoms with Gasteiger partial charge >= 0.3 is 0 Å². The zero-order chi connectivity index (χ0) is 29.7. The van der Waals surface area contributed by atoms with Gasteiger partial charge in [0, 0.05) is 33.8 Å². The summed E-state index contributed by atoms with van der Waals surface area (Å²) in [5, 5.41) is 4.36. The van der Waals surface area contributed by atoms with E-state index in [9.17, 15) is 0 Å². The Hall–Kier alpha value is -6.13. The minimum Gasteiger partial charge on any atom is -0.454 e. The second-order valence-corrected chi connectivity index (χ2v) is 11.2. The first-order chi connectivity index (χ1) is 22.3. The molecule has 2 heterocycles. The second-order valence-electron chi connectivity index (χ2n) is 11.2. The lowest BCUT2D eigenvalue weighted by atomic mass is 10.0. The maximum absolute atomic E-state index is 6.66. The summed E-state index contributed by atoms with van der Waals surface area (Å²) >= 11 is 0.